The first-order chi connectivity index (χ1) is 29.0. The Morgan fingerprint density at radius 3 is 1.68 bits per heavy atom. The van der Waals surface area contributed by atoms with Crippen LogP contribution in [0.4, 0.5) is 4.39 Å². The molecule has 0 saturated carbocycles. The summed E-state index contributed by atoms with van der Waals surface area (Å²) in [6.07, 6.45) is 0. The molecule has 1 aliphatic carbocycles. The summed E-state index contributed by atoms with van der Waals surface area (Å²) in [6, 6.07) is 53.9. The molecular weight excluding hydrogens is 738 g/mol. The number of rotatable bonds is 5. The van der Waals surface area contributed by atoms with Crippen LogP contribution in [-0.2, 0) is 10.8 Å². The highest BCUT2D eigenvalue weighted by Crippen LogP contribution is 2.63. The van der Waals surface area contributed by atoms with Crippen molar-refractivity contribution in [3.8, 4) is 45.5 Å². The van der Waals surface area contributed by atoms with E-state index in [1.807, 2.05) is 36.4 Å². The third kappa shape index (κ3) is 4.88. The Bertz CT molecular complexity index is 3370. The minimum atomic E-state index is -0.391. The normalized spacial score (nSPS) is 15.3. The van der Waals surface area contributed by atoms with E-state index in [2.05, 4.69) is 154 Å². The molecule has 5 nitrogen and oxygen atoms in total. The van der Waals surface area contributed by atoms with Crippen LogP contribution in [0.1, 0.15) is 52.7 Å². The number of hydrogen-bond acceptors (Lipinski definition) is 3. The number of nitrogens with zero attached hydrogens (tertiary/aromatic N) is 5. The summed E-state index contributed by atoms with van der Waals surface area (Å²) in [5.74, 6) is 0.761. The highest BCUT2D eigenvalue weighted by Gasteiger charge is 2.57. The number of hydrogen-bond donors (Lipinski definition) is 0. The Labute approximate surface area is 348 Å². The number of fused-ring (bicyclic) bond motifs is 8. The van der Waals surface area contributed by atoms with Gasteiger partial charge in [0.05, 0.1) is 33.3 Å². The summed E-state index contributed by atoms with van der Waals surface area (Å²) in [7, 11) is 0. The maximum Gasteiger partial charge on any atom is 0.238 e. The van der Waals surface area contributed by atoms with Crippen molar-refractivity contribution in [1.82, 2.24) is 24.1 Å². The summed E-state index contributed by atoms with van der Waals surface area (Å²) in [5.41, 5.74) is 11.4. The fourth-order valence-corrected chi connectivity index (χ4v) is 10.2. The van der Waals surface area contributed by atoms with E-state index < -0.39 is 5.82 Å². The molecule has 0 unspecified atom stereocenters. The second kappa shape index (κ2) is 12.8. The predicted octanol–water partition coefficient (Wildman–Crippen LogP) is 13.8. The monoisotopic (exact) mass is 781 g/mol. The van der Waals surface area contributed by atoms with E-state index in [0.29, 0.717) is 17.3 Å². The Kier molecular flexibility index (Phi) is 7.71. The quantitative estimate of drug-likeness (QED) is 0.175. The molecule has 3 aromatic heterocycles. The second-order valence-corrected chi connectivity index (χ2v) is 17.8. The van der Waals surface area contributed by atoms with Gasteiger partial charge in [0.25, 0.3) is 0 Å². The highest BCUT2D eigenvalue weighted by atomic mass is 19.1. The van der Waals surface area contributed by atoms with Gasteiger partial charge in [0, 0.05) is 32.7 Å². The first kappa shape index (κ1) is 36.2. The molecule has 3 heterocycles. The van der Waals surface area contributed by atoms with Crippen molar-refractivity contribution in [2.75, 3.05) is 0 Å². The summed E-state index contributed by atoms with van der Waals surface area (Å²) in [4.78, 5) is 15.2. The van der Waals surface area contributed by atoms with Crippen LogP contribution in [0.15, 0.2) is 158 Å². The largest absolute Gasteiger partial charge is 0.307 e. The van der Waals surface area contributed by atoms with E-state index >= 15 is 4.39 Å². The standard InChI is InChI=1S/C54H44FN5/c1-52(2)41-26-18-25-37(46(41)53(3,4)54(52,5)6)34-21-11-15-28-43(34)59-44-29-16-12-22-35(44)38-31-32-39-36-23-13-17-30-45(36)60(48(39)47(38)59)51-57-49(33-19-8-7-9-20-33)56-50(58-51)40-24-10-14-27-42(40)55/h7-32H,1-6H3. The molecule has 1 aliphatic rings. The molecule has 6 heteroatoms. The zero-order valence-corrected chi connectivity index (χ0v) is 34.6. The van der Waals surface area contributed by atoms with Gasteiger partial charge in [-0.15, -0.1) is 0 Å². The lowest BCUT2D eigenvalue weighted by Gasteiger charge is -2.44. The molecule has 0 N–H and O–H groups in total. The van der Waals surface area contributed by atoms with Crippen molar-refractivity contribution in [2.45, 2.75) is 52.4 Å². The first-order valence-corrected chi connectivity index (χ1v) is 20.7. The molecule has 0 bridgehead atoms. The lowest BCUT2D eigenvalue weighted by Crippen LogP contribution is -2.42. The molecule has 292 valence electrons. The molecule has 60 heavy (non-hydrogen) atoms. The minimum Gasteiger partial charge on any atom is -0.307 e. The molecule has 0 saturated heterocycles. The molecule has 0 amide bonds. The Hall–Kier alpha value is -6.92. The summed E-state index contributed by atoms with van der Waals surface area (Å²) in [5, 5.41) is 4.40. The van der Waals surface area contributed by atoms with Gasteiger partial charge in [0.15, 0.2) is 11.6 Å². The molecule has 0 spiro atoms. The van der Waals surface area contributed by atoms with E-state index in [1.54, 1.807) is 12.1 Å². The lowest BCUT2D eigenvalue weighted by atomic mass is 9.59. The van der Waals surface area contributed by atoms with Crippen LogP contribution in [0.25, 0.3) is 89.2 Å². The Morgan fingerprint density at radius 1 is 0.433 bits per heavy atom. The average Bonchev–Trinajstić information content (AvgIpc) is 3.82. The Morgan fingerprint density at radius 2 is 0.983 bits per heavy atom. The van der Waals surface area contributed by atoms with Gasteiger partial charge in [-0.25, -0.2) is 9.37 Å². The minimum absolute atomic E-state index is 0.00200. The van der Waals surface area contributed by atoms with Crippen molar-refractivity contribution in [3.05, 3.63) is 175 Å². The van der Waals surface area contributed by atoms with E-state index in [1.165, 1.54) is 28.3 Å². The molecule has 7 aromatic carbocycles. The molecule has 0 aliphatic heterocycles. The van der Waals surface area contributed by atoms with Crippen LogP contribution >= 0.6 is 0 Å². The molecule has 10 aromatic rings. The molecule has 0 fully saturated rings. The number of para-hydroxylation sites is 3. The smallest absolute Gasteiger partial charge is 0.238 e. The van der Waals surface area contributed by atoms with Gasteiger partial charge in [-0.3, -0.25) is 4.57 Å². The number of benzene rings is 7. The molecule has 0 atom stereocenters. The molecule has 0 radical (unpaired) electrons. The third-order valence-corrected chi connectivity index (χ3v) is 14.4. The fourth-order valence-electron chi connectivity index (χ4n) is 10.2. The van der Waals surface area contributed by atoms with Crippen molar-refractivity contribution in [1.29, 1.82) is 0 Å². The fraction of sp³-hybridized carbons (Fsp3) is 0.167. The van der Waals surface area contributed by atoms with Crippen LogP contribution in [0.2, 0.25) is 0 Å². The van der Waals surface area contributed by atoms with E-state index in [0.717, 1.165) is 54.9 Å². The van der Waals surface area contributed by atoms with Crippen molar-refractivity contribution in [3.63, 3.8) is 0 Å². The van der Waals surface area contributed by atoms with Crippen molar-refractivity contribution in [2.24, 2.45) is 5.41 Å². The molecular formula is C54H44FN5. The van der Waals surface area contributed by atoms with E-state index in [9.17, 15) is 0 Å². The topological polar surface area (TPSA) is 48.5 Å². The van der Waals surface area contributed by atoms with Gasteiger partial charge in [0.2, 0.25) is 5.95 Å². The van der Waals surface area contributed by atoms with Crippen LogP contribution < -0.4 is 0 Å². The maximum absolute atomic E-state index is 15.6. The Balaban J connectivity index is 1.29. The predicted molar refractivity (Wildman–Crippen MR) is 245 cm³/mol. The number of aromatic nitrogens is 5. The number of halogens is 1. The van der Waals surface area contributed by atoms with Gasteiger partial charge in [-0.05, 0) is 63.3 Å². The lowest BCUT2D eigenvalue weighted by molar-refractivity contribution is 0.125. The van der Waals surface area contributed by atoms with Crippen LogP contribution in [0, 0.1) is 11.2 Å². The first-order valence-electron chi connectivity index (χ1n) is 20.7. The second-order valence-electron chi connectivity index (χ2n) is 17.8. The SMILES string of the molecule is CC1(C)c2cccc(-c3ccccc3-n3c4ccccc4c4ccc5c6ccccc6n(-c6nc(-c7ccccc7)nc(-c7ccccc7F)n6)c5c43)c2C(C)(C)C1(C)C. The zero-order chi connectivity index (χ0) is 41.1. The van der Waals surface area contributed by atoms with Gasteiger partial charge in [-0.1, -0.05) is 169 Å². The highest BCUT2D eigenvalue weighted by molar-refractivity contribution is 6.24. The van der Waals surface area contributed by atoms with Crippen LogP contribution in [0.3, 0.4) is 0 Å². The van der Waals surface area contributed by atoms with E-state index in [4.69, 9.17) is 15.0 Å². The van der Waals surface area contributed by atoms with Gasteiger partial charge in [-0.2, -0.15) is 9.97 Å². The summed E-state index contributed by atoms with van der Waals surface area (Å²) >= 11 is 0. The van der Waals surface area contributed by atoms with Crippen LogP contribution in [-0.4, -0.2) is 24.1 Å². The van der Waals surface area contributed by atoms with Crippen molar-refractivity contribution < 1.29 is 4.39 Å². The van der Waals surface area contributed by atoms with Gasteiger partial charge in [0.1, 0.15) is 5.82 Å². The summed E-state index contributed by atoms with van der Waals surface area (Å²) < 4.78 is 20.3. The zero-order valence-electron chi connectivity index (χ0n) is 34.6. The molecule has 11 rings (SSSR count). The van der Waals surface area contributed by atoms with Gasteiger partial charge < -0.3 is 4.57 Å². The average molecular weight is 782 g/mol. The van der Waals surface area contributed by atoms with Gasteiger partial charge >= 0.3 is 0 Å². The third-order valence-electron chi connectivity index (χ3n) is 14.4. The summed E-state index contributed by atoms with van der Waals surface area (Å²) in [6.45, 7) is 14.5. The van der Waals surface area contributed by atoms with Crippen LogP contribution in [0.5, 0.6) is 0 Å². The maximum atomic E-state index is 15.6. The van der Waals surface area contributed by atoms with Crippen molar-refractivity contribution >= 4 is 43.6 Å². The van der Waals surface area contributed by atoms with E-state index in [-0.39, 0.29) is 22.1 Å².